The standard InChI is InChI=1S/C22H18ClN7/c1-29-13-17(11-28-29)16-4-2-15(3-5-16)10-24-21-9-19(26-14-27-21)20-12-25-22-8-18(23)6-7-30(20)22/h2-9,11-14H,10H2,1H3,(H,24,26,27). The van der Waals surface area contributed by atoms with Crippen molar-refractivity contribution in [1.82, 2.24) is 29.1 Å². The van der Waals surface area contributed by atoms with Crippen molar-refractivity contribution in [3.8, 4) is 22.5 Å². The normalized spacial score (nSPS) is 11.1. The molecule has 0 radical (unpaired) electrons. The van der Waals surface area contributed by atoms with Crippen LogP contribution < -0.4 is 5.32 Å². The maximum Gasteiger partial charge on any atom is 0.138 e. The molecule has 0 atom stereocenters. The van der Waals surface area contributed by atoms with Crippen molar-refractivity contribution in [2.75, 3.05) is 5.32 Å². The van der Waals surface area contributed by atoms with E-state index in [9.17, 15) is 0 Å². The summed E-state index contributed by atoms with van der Waals surface area (Å²) in [6, 6.07) is 14.0. The Labute approximate surface area is 178 Å². The smallest absolute Gasteiger partial charge is 0.138 e. The molecule has 1 N–H and O–H groups in total. The van der Waals surface area contributed by atoms with Gasteiger partial charge in [-0.05, 0) is 17.2 Å². The van der Waals surface area contributed by atoms with Gasteiger partial charge in [-0.25, -0.2) is 15.0 Å². The van der Waals surface area contributed by atoms with Gasteiger partial charge in [0.25, 0.3) is 0 Å². The van der Waals surface area contributed by atoms with E-state index in [1.54, 1.807) is 17.2 Å². The first kappa shape index (κ1) is 18.3. The Kier molecular flexibility index (Phi) is 4.65. The minimum absolute atomic E-state index is 0.652. The molecule has 7 nitrogen and oxygen atoms in total. The number of hydrogen-bond donors (Lipinski definition) is 1. The highest BCUT2D eigenvalue weighted by atomic mass is 35.5. The largest absolute Gasteiger partial charge is 0.366 e. The zero-order valence-corrected chi connectivity index (χ0v) is 17.0. The van der Waals surface area contributed by atoms with Crippen molar-refractivity contribution in [2.24, 2.45) is 7.05 Å². The maximum absolute atomic E-state index is 6.05. The van der Waals surface area contributed by atoms with Crippen molar-refractivity contribution >= 4 is 23.1 Å². The number of imidazole rings is 1. The summed E-state index contributed by atoms with van der Waals surface area (Å²) in [6.45, 7) is 0.659. The summed E-state index contributed by atoms with van der Waals surface area (Å²) < 4.78 is 3.75. The molecule has 0 aliphatic rings. The van der Waals surface area contributed by atoms with E-state index >= 15 is 0 Å². The number of hydrogen-bond acceptors (Lipinski definition) is 5. The van der Waals surface area contributed by atoms with Crippen LogP contribution in [-0.2, 0) is 13.6 Å². The lowest BCUT2D eigenvalue weighted by molar-refractivity contribution is 0.768. The zero-order valence-electron chi connectivity index (χ0n) is 16.2. The maximum atomic E-state index is 6.05. The van der Waals surface area contributed by atoms with Crippen molar-refractivity contribution in [3.63, 3.8) is 0 Å². The summed E-state index contributed by atoms with van der Waals surface area (Å²) in [6.07, 6.45) is 9.10. The zero-order chi connectivity index (χ0) is 20.5. The van der Waals surface area contributed by atoms with Gasteiger partial charge in [-0.15, -0.1) is 0 Å². The van der Waals surface area contributed by atoms with Gasteiger partial charge in [0, 0.05) is 48.7 Å². The average Bonchev–Trinajstić information content (AvgIpc) is 3.39. The number of nitrogens with zero attached hydrogens (tertiary/aromatic N) is 6. The summed E-state index contributed by atoms with van der Waals surface area (Å²) in [4.78, 5) is 13.2. The Morgan fingerprint density at radius 2 is 1.83 bits per heavy atom. The topological polar surface area (TPSA) is 72.9 Å². The van der Waals surface area contributed by atoms with Gasteiger partial charge >= 0.3 is 0 Å². The number of fused-ring (bicyclic) bond motifs is 1. The van der Waals surface area contributed by atoms with E-state index in [1.165, 1.54) is 0 Å². The second kappa shape index (κ2) is 7.61. The Hall–Kier alpha value is -3.71. The molecule has 148 valence electrons. The van der Waals surface area contributed by atoms with E-state index in [4.69, 9.17) is 11.6 Å². The Morgan fingerprint density at radius 3 is 2.63 bits per heavy atom. The second-order valence-corrected chi connectivity index (χ2v) is 7.39. The van der Waals surface area contributed by atoms with Gasteiger partial charge in [0.1, 0.15) is 17.8 Å². The van der Waals surface area contributed by atoms with E-state index in [1.807, 2.05) is 48.2 Å². The summed E-state index contributed by atoms with van der Waals surface area (Å²) in [5.74, 6) is 0.750. The molecule has 5 rings (SSSR count). The number of nitrogens with one attached hydrogen (secondary N) is 1. The van der Waals surface area contributed by atoms with Crippen LogP contribution in [0.25, 0.3) is 28.2 Å². The number of rotatable bonds is 5. The number of anilines is 1. The SMILES string of the molecule is Cn1cc(-c2ccc(CNc3cc(-c4cnc5cc(Cl)ccn45)ncn3)cc2)cn1. The highest BCUT2D eigenvalue weighted by molar-refractivity contribution is 6.30. The van der Waals surface area contributed by atoms with Gasteiger partial charge < -0.3 is 5.32 Å². The van der Waals surface area contributed by atoms with Gasteiger partial charge in [-0.2, -0.15) is 5.10 Å². The van der Waals surface area contributed by atoms with Crippen LogP contribution in [0.1, 0.15) is 5.56 Å². The first-order valence-electron chi connectivity index (χ1n) is 9.42. The molecule has 0 unspecified atom stereocenters. The molecular weight excluding hydrogens is 398 g/mol. The van der Waals surface area contributed by atoms with Crippen LogP contribution in [0.4, 0.5) is 5.82 Å². The predicted octanol–water partition coefficient (Wildman–Crippen LogP) is 4.46. The van der Waals surface area contributed by atoms with E-state index < -0.39 is 0 Å². The molecule has 0 aliphatic carbocycles. The molecule has 0 saturated heterocycles. The third-order valence-corrected chi connectivity index (χ3v) is 5.11. The molecule has 0 saturated carbocycles. The van der Waals surface area contributed by atoms with E-state index in [2.05, 4.69) is 49.6 Å². The molecule has 1 aromatic carbocycles. The average molecular weight is 416 g/mol. The fraction of sp³-hybridized carbons (Fsp3) is 0.0909. The van der Waals surface area contributed by atoms with E-state index in [-0.39, 0.29) is 0 Å². The quantitative estimate of drug-likeness (QED) is 0.459. The van der Waals surface area contributed by atoms with Crippen molar-refractivity contribution < 1.29 is 0 Å². The van der Waals surface area contributed by atoms with Gasteiger partial charge in [0.2, 0.25) is 0 Å². The summed E-state index contributed by atoms with van der Waals surface area (Å²) >= 11 is 6.05. The van der Waals surface area contributed by atoms with Crippen molar-refractivity contribution in [2.45, 2.75) is 6.54 Å². The Balaban J connectivity index is 1.32. The van der Waals surface area contributed by atoms with Crippen LogP contribution in [0.3, 0.4) is 0 Å². The summed E-state index contributed by atoms with van der Waals surface area (Å²) in [5.41, 5.74) is 5.85. The van der Waals surface area contributed by atoms with Crippen molar-refractivity contribution in [3.05, 3.63) is 84.2 Å². The predicted molar refractivity (Wildman–Crippen MR) is 117 cm³/mol. The molecule has 30 heavy (non-hydrogen) atoms. The van der Waals surface area contributed by atoms with Crippen LogP contribution in [0.5, 0.6) is 0 Å². The molecule has 4 heterocycles. The number of pyridine rings is 1. The molecule has 5 aromatic rings. The minimum atomic E-state index is 0.652. The molecule has 0 bridgehead atoms. The van der Waals surface area contributed by atoms with Gasteiger partial charge in [-0.1, -0.05) is 35.9 Å². The number of aromatic nitrogens is 6. The molecule has 0 aliphatic heterocycles. The lowest BCUT2D eigenvalue weighted by Crippen LogP contribution is -2.02. The second-order valence-electron chi connectivity index (χ2n) is 6.96. The summed E-state index contributed by atoms with van der Waals surface area (Å²) in [7, 11) is 1.92. The number of benzene rings is 1. The van der Waals surface area contributed by atoms with Crippen LogP contribution in [0.2, 0.25) is 5.02 Å². The fourth-order valence-corrected chi connectivity index (χ4v) is 3.47. The molecule has 4 aromatic heterocycles. The molecule has 0 spiro atoms. The number of aryl methyl sites for hydroxylation is 1. The summed E-state index contributed by atoms with van der Waals surface area (Å²) in [5, 5.41) is 8.24. The highest BCUT2D eigenvalue weighted by Gasteiger charge is 2.09. The lowest BCUT2D eigenvalue weighted by atomic mass is 10.1. The third-order valence-electron chi connectivity index (χ3n) is 4.87. The Bertz CT molecular complexity index is 1320. The molecule has 8 heteroatoms. The molecule has 0 amide bonds. The van der Waals surface area contributed by atoms with Gasteiger partial charge in [0.05, 0.1) is 23.8 Å². The van der Waals surface area contributed by atoms with Gasteiger partial charge in [-0.3, -0.25) is 9.08 Å². The minimum Gasteiger partial charge on any atom is -0.366 e. The van der Waals surface area contributed by atoms with Crippen LogP contribution in [0.15, 0.2) is 73.6 Å². The fourth-order valence-electron chi connectivity index (χ4n) is 3.32. The van der Waals surface area contributed by atoms with Crippen molar-refractivity contribution in [1.29, 1.82) is 0 Å². The monoisotopic (exact) mass is 415 g/mol. The van der Waals surface area contributed by atoms with Crippen LogP contribution >= 0.6 is 11.6 Å². The molecule has 0 fully saturated rings. The lowest BCUT2D eigenvalue weighted by Gasteiger charge is -2.08. The Morgan fingerprint density at radius 1 is 0.967 bits per heavy atom. The van der Waals surface area contributed by atoms with E-state index in [0.29, 0.717) is 11.6 Å². The van der Waals surface area contributed by atoms with E-state index in [0.717, 1.165) is 39.5 Å². The van der Waals surface area contributed by atoms with Crippen LogP contribution in [0, 0.1) is 0 Å². The third kappa shape index (κ3) is 3.62. The molecular formula is C22H18ClN7. The van der Waals surface area contributed by atoms with Gasteiger partial charge in [0.15, 0.2) is 0 Å². The first-order chi connectivity index (χ1) is 14.7. The highest BCUT2D eigenvalue weighted by Crippen LogP contribution is 2.23. The van der Waals surface area contributed by atoms with Crippen LogP contribution in [-0.4, -0.2) is 29.1 Å². The first-order valence-corrected chi connectivity index (χ1v) is 9.80. The number of halogens is 1.